The molecule has 0 radical (unpaired) electrons. The molecule has 2 rings (SSSR count). The molecule has 4 nitrogen and oxygen atoms in total. The molecule has 0 aromatic heterocycles. The Morgan fingerprint density at radius 2 is 2.16 bits per heavy atom. The van der Waals surface area contributed by atoms with Gasteiger partial charge in [-0.05, 0) is 49.8 Å². The van der Waals surface area contributed by atoms with Crippen molar-refractivity contribution in [3.05, 3.63) is 29.3 Å². The van der Waals surface area contributed by atoms with Crippen molar-refractivity contribution in [3.8, 4) is 6.07 Å². The number of aryl methyl sites for hydroxylation is 1. The minimum absolute atomic E-state index is 0.0908. The van der Waals surface area contributed by atoms with E-state index in [9.17, 15) is 8.42 Å². The van der Waals surface area contributed by atoms with Crippen molar-refractivity contribution in [1.29, 1.82) is 5.26 Å². The lowest BCUT2D eigenvalue weighted by Gasteiger charge is -2.14. The van der Waals surface area contributed by atoms with Crippen LogP contribution in [-0.4, -0.2) is 26.0 Å². The summed E-state index contributed by atoms with van der Waals surface area (Å²) >= 11 is 1.71. The van der Waals surface area contributed by atoms with Gasteiger partial charge in [0.1, 0.15) is 0 Å². The van der Waals surface area contributed by atoms with Crippen LogP contribution in [0.3, 0.4) is 0 Å². The molecule has 102 valence electrons. The third-order valence-corrected chi connectivity index (χ3v) is 6.40. The molecule has 1 aliphatic carbocycles. The number of hydrogen-bond acceptors (Lipinski definition) is 4. The summed E-state index contributed by atoms with van der Waals surface area (Å²) in [4.78, 5) is 0.253. The van der Waals surface area contributed by atoms with Crippen molar-refractivity contribution in [1.82, 2.24) is 4.72 Å². The Labute approximate surface area is 118 Å². The van der Waals surface area contributed by atoms with E-state index in [1.807, 2.05) is 12.3 Å². The predicted molar refractivity (Wildman–Crippen MR) is 76.6 cm³/mol. The molecule has 1 saturated carbocycles. The van der Waals surface area contributed by atoms with Crippen LogP contribution in [0.25, 0.3) is 0 Å². The van der Waals surface area contributed by atoms with Gasteiger partial charge in [0.05, 0.1) is 16.5 Å². The van der Waals surface area contributed by atoms with Gasteiger partial charge in [0.25, 0.3) is 0 Å². The molecule has 0 unspecified atom stereocenters. The van der Waals surface area contributed by atoms with Gasteiger partial charge in [0, 0.05) is 11.3 Å². The molecule has 0 amide bonds. The summed E-state index contributed by atoms with van der Waals surface area (Å²) in [6.45, 7) is 2.17. The van der Waals surface area contributed by atoms with Gasteiger partial charge in [-0.3, -0.25) is 0 Å². The first-order valence-corrected chi connectivity index (χ1v) is 8.69. The number of benzene rings is 1. The van der Waals surface area contributed by atoms with Gasteiger partial charge in [-0.1, -0.05) is 0 Å². The lowest BCUT2D eigenvalue weighted by molar-refractivity contribution is 0.579. The molecule has 0 saturated heterocycles. The number of nitriles is 1. The van der Waals surface area contributed by atoms with E-state index in [2.05, 4.69) is 4.72 Å². The fourth-order valence-corrected chi connectivity index (χ4v) is 4.09. The second-order valence-corrected chi connectivity index (χ2v) is 7.81. The Morgan fingerprint density at radius 3 is 2.63 bits per heavy atom. The highest BCUT2D eigenvalue weighted by atomic mass is 32.2. The van der Waals surface area contributed by atoms with Crippen LogP contribution >= 0.6 is 11.8 Å². The molecule has 0 bridgehead atoms. The molecule has 0 aliphatic heterocycles. The van der Waals surface area contributed by atoms with Gasteiger partial charge in [-0.2, -0.15) is 17.0 Å². The predicted octanol–water partition coefficient (Wildman–Crippen LogP) is 2.04. The summed E-state index contributed by atoms with van der Waals surface area (Å²) in [5.74, 6) is 0. The highest BCUT2D eigenvalue weighted by molar-refractivity contribution is 8.00. The topological polar surface area (TPSA) is 70.0 Å². The molecule has 1 N–H and O–H groups in total. The van der Waals surface area contributed by atoms with Crippen LogP contribution in [0.5, 0.6) is 0 Å². The van der Waals surface area contributed by atoms with Gasteiger partial charge in [0.2, 0.25) is 10.0 Å². The van der Waals surface area contributed by atoms with E-state index in [4.69, 9.17) is 5.26 Å². The van der Waals surface area contributed by atoms with Gasteiger partial charge in [-0.15, -0.1) is 0 Å². The quantitative estimate of drug-likeness (QED) is 0.902. The van der Waals surface area contributed by atoms with E-state index < -0.39 is 10.0 Å². The second kappa shape index (κ2) is 5.16. The van der Waals surface area contributed by atoms with Crippen LogP contribution in [0, 0.1) is 18.3 Å². The standard InChI is InChI=1S/C13H16N2O2S2/c1-10-7-11(8-14)3-4-12(10)19(16,17)15-9-13(18-2)5-6-13/h3-4,7,15H,5-6,9H2,1-2H3. The average molecular weight is 296 g/mol. The fourth-order valence-electron chi connectivity index (χ4n) is 1.92. The molecule has 0 atom stereocenters. The summed E-state index contributed by atoms with van der Waals surface area (Å²) in [6.07, 6.45) is 4.13. The Hall–Kier alpha value is -1.03. The van der Waals surface area contributed by atoms with Crippen molar-refractivity contribution in [2.45, 2.75) is 29.4 Å². The molecular weight excluding hydrogens is 280 g/mol. The number of nitrogens with zero attached hydrogens (tertiary/aromatic N) is 1. The van der Waals surface area contributed by atoms with E-state index in [-0.39, 0.29) is 9.64 Å². The van der Waals surface area contributed by atoms with E-state index in [1.165, 1.54) is 12.1 Å². The zero-order chi connectivity index (χ0) is 14.1. The van der Waals surface area contributed by atoms with Crippen molar-refractivity contribution in [2.24, 2.45) is 0 Å². The summed E-state index contributed by atoms with van der Waals surface area (Å²) in [5, 5.41) is 8.79. The third kappa shape index (κ3) is 3.11. The number of rotatable bonds is 5. The molecule has 1 aromatic carbocycles. The first-order chi connectivity index (χ1) is 8.92. The second-order valence-electron chi connectivity index (χ2n) is 4.80. The zero-order valence-electron chi connectivity index (χ0n) is 10.9. The summed E-state index contributed by atoms with van der Waals surface area (Å²) in [7, 11) is -3.49. The maximum atomic E-state index is 12.2. The molecule has 0 spiro atoms. The maximum absolute atomic E-state index is 12.2. The minimum Gasteiger partial charge on any atom is -0.210 e. The molecule has 19 heavy (non-hydrogen) atoms. The molecular formula is C13H16N2O2S2. The normalized spacial score (nSPS) is 16.9. The number of hydrogen-bond donors (Lipinski definition) is 1. The van der Waals surface area contributed by atoms with Gasteiger partial charge >= 0.3 is 0 Å². The highest BCUT2D eigenvalue weighted by Crippen LogP contribution is 2.46. The first-order valence-electron chi connectivity index (χ1n) is 5.98. The summed E-state index contributed by atoms with van der Waals surface area (Å²) in [6, 6.07) is 6.62. The molecule has 1 fully saturated rings. The van der Waals surface area contributed by atoms with Crippen LogP contribution in [0.15, 0.2) is 23.1 Å². The average Bonchev–Trinajstić information content (AvgIpc) is 3.17. The lowest BCUT2D eigenvalue weighted by atomic mass is 10.2. The molecule has 1 aromatic rings. The summed E-state index contributed by atoms with van der Waals surface area (Å²) < 4.78 is 27.2. The Bertz CT molecular complexity index is 629. The number of nitrogens with one attached hydrogen (secondary N) is 1. The first kappa shape index (κ1) is 14.4. The van der Waals surface area contributed by atoms with Crippen molar-refractivity contribution >= 4 is 21.8 Å². The smallest absolute Gasteiger partial charge is 0.210 e. The maximum Gasteiger partial charge on any atom is 0.240 e. The zero-order valence-corrected chi connectivity index (χ0v) is 12.6. The summed E-state index contributed by atoms with van der Waals surface area (Å²) in [5.41, 5.74) is 1.07. The molecule has 0 heterocycles. The third-order valence-electron chi connectivity index (χ3n) is 3.42. The molecule has 1 aliphatic rings. The van der Waals surface area contributed by atoms with E-state index in [0.717, 1.165) is 12.8 Å². The van der Waals surface area contributed by atoms with Crippen molar-refractivity contribution < 1.29 is 8.42 Å². The van der Waals surface area contributed by atoms with E-state index >= 15 is 0 Å². The fraction of sp³-hybridized carbons (Fsp3) is 0.462. The van der Waals surface area contributed by atoms with Crippen LogP contribution in [0.1, 0.15) is 24.0 Å². The Balaban J connectivity index is 2.18. The van der Waals surface area contributed by atoms with E-state index in [1.54, 1.807) is 24.8 Å². The van der Waals surface area contributed by atoms with Gasteiger partial charge in [0.15, 0.2) is 0 Å². The SMILES string of the molecule is CSC1(CNS(=O)(=O)c2ccc(C#N)cc2C)CC1. The highest BCUT2D eigenvalue weighted by Gasteiger charge is 2.42. The lowest BCUT2D eigenvalue weighted by Crippen LogP contribution is -2.32. The van der Waals surface area contributed by atoms with Gasteiger partial charge < -0.3 is 0 Å². The van der Waals surface area contributed by atoms with Crippen LogP contribution in [-0.2, 0) is 10.0 Å². The largest absolute Gasteiger partial charge is 0.240 e. The van der Waals surface area contributed by atoms with Crippen molar-refractivity contribution in [3.63, 3.8) is 0 Å². The van der Waals surface area contributed by atoms with Crippen LogP contribution < -0.4 is 4.72 Å². The number of thioether (sulfide) groups is 1. The van der Waals surface area contributed by atoms with Gasteiger partial charge in [-0.25, -0.2) is 13.1 Å². The van der Waals surface area contributed by atoms with Crippen LogP contribution in [0.4, 0.5) is 0 Å². The monoisotopic (exact) mass is 296 g/mol. The van der Waals surface area contributed by atoms with Crippen LogP contribution in [0.2, 0.25) is 0 Å². The minimum atomic E-state index is -3.49. The number of sulfonamides is 1. The molecule has 6 heteroatoms. The van der Waals surface area contributed by atoms with E-state index in [0.29, 0.717) is 17.7 Å². The Kier molecular flexibility index (Phi) is 3.90. The Morgan fingerprint density at radius 1 is 1.47 bits per heavy atom. The van der Waals surface area contributed by atoms with Crippen molar-refractivity contribution in [2.75, 3.05) is 12.8 Å².